The Kier molecular flexibility index (Phi) is 3.11. The molecule has 2 aromatic rings. The van der Waals surface area contributed by atoms with Crippen LogP contribution in [0, 0.1) is 6.92 Å². The minimum Gasteiger partial charge on any atom is -0.369 e. The molecule has 3 nitrogen and oxygen atoms in total. The van der Waals surface area contributed by atoms with Crippen LogP contribution in [0.2, 0.25) is 5.02 Å². The van der Waals surface area contributed by atoms with Crippen LogP contribution < -0.4 is 5.73 Å². The van der Waals surface area contributed by atoms with Gasteiger partial charge in [-0.05, 0) is 36.1 Å². The van der Waals surface area contributed by atoms with Crippen LogP contribution in [0.3, 0.4) is 0 Å². The van der Waals surface area contributed by atoms with E-state index in [4.69, 9.17) is 17.3 Å². The van der Waals surface area contributed by atoms with Crippen LogP contribution >= 0.6 is 11.6 Å². The van der Waals surface area contributed by atoms with Crippen molar-refractivity contribution < 1.29 is 0 Å². The summed E-state index contributed by atoms with van der Waals surface area (Å²) < 4.78 is 0. The number of nitrogens with zero attached hydrogens (tertiary/aromatic N) is 1. The Labute approximate surface area is 106 Å². The van der Waals surface area contributed by atoms with Crippen molar-refractivity contribution in [2.45, 2.75) is 26.7 Å². The summed E-state index contributed by atoms with van der Waals surface area (Å²) in [4.78, 5) is 7.05. The topological polar surface area (TPSA) is 54.7 Å². The van der Waals surface area contributed by atoms with Gasteiger partial charge in [0.1, 0.15) is 0 Å². The average molecular weight is 250 g/mol. The van der Waals surface area contributed by atoms with E-state index in [0.717, 1.165) is 16.3 Å². The van der Waals surface area contributed by atoms with Crippen LogP contribution in [-0.4, -0.2) is 9.97 Å². The van der Waals surface area contributed by atoms with Crippen molar-refractivity contribution in [3.63, 3.8) is 0 Å². The number of benzene rings is 1. The van der Waals surface area contributed by atoms with E-state index in [1.165, 1.54) is 11.1 Å². The molecule has 0 radical (unpaired) electrons. The predicted molar refractivity (Wildman–Crippen MR) is 72.3 cm³/mol. The zero-order valence-electron chi connectivity index (χ0n) is 10.2. The smallest absolute Gasteiger partial charge is 0.197 e. The van der Waals surface area contributed by atoms with Crippen LogP contribution in [0.15, 0.2) is 18.3 Å². The molecular formula is C13H16ClN3. The van der Waals surface area contributed by atoms with Gasteiger partial charge in [-0.3, -0.25) is 0 Å². The maximum Gasteiger partial charge on any atom is 0.197 e. The first-order valence-corrected chi connectivity index (χ1v) is 5.97. The van der Waals surface area contributed by atoms with Gasteiger partial charge in [0.2, 0.25) is 0 Å². The Morgan fingerprint density at radius 2 is 2.06 bits per heavy atom. The monoisotopic (exact) mass is 249 g/mol. The largest absolute Gasteiger partial charge is 0.369 e. The lowest BCUT2D eigenvalue weighted by molar-refractivity contribution is 0.857. The van der Waals surface area contributed by atoms with Crippen molar-refractivity contribution in [1.82, 2.24) is 9.97 Å². The van der Waals surface area contributed by atoms with Gasteiger partial charge in [0.25, 0.3) is 0 Å². The van der Waals surface area contributed by atoms with E-state index in [0.29, 0.717) is 11.9 Å². The van der Waals surface area contributed by atoms with Gasteiger partial charge in [-0.2, -0.15) is 0 Å². The summed E-state index contributed by atoms with van der Waals surface area (Å²) in [7, 11) is 0. The summed E-state index contributed by atoms with van der Waals surface area (Å²) in [6, 6.07) is 3.96. The average Bonchev–Trinajstić information content (AvgIpc) is 2.67. The molecule has 4 heteroatoms. The summed E-state index contributed by atoms with van der Waals surface area (Å²) in [5, 5.41) is 0.738. The molecule has 0 unspecified atom stereocenters. The Morgan fingerprint density at radius 3 is 2.59 bits per heavy atom. The highest BCUT2D eigenvalue weighted by Crippen LogP contribution is 2.32. The molecule has 0 aliphatic heterocycles. The number of anilines is 1. The van der Waals surface area contributed by atoms with Gasteiger partial charge in [0.05, 0.1) is 11.9 Å². The van der Waals surface area contributed by atoms with E-state index >= 15 is 0 Å². The van der Waals surface area contributed by atoms with Gasteiger partial charge >= 0.3 is 0 Å². The number of nitrogens with two attached hydrogens (primary N) is 1. The number of hydrogen-bond acceptors (Lipinski definition) is 2. The maximum absolute atomic E-state index is 6.16. The number of halogens is 1. The zero-order valence-corrected chi connectivity index (χ0v) is 11.0. The number of imidazole rings is 1. The van der Waals surface area contributed by atoms with E-state index in [1.807, 2.05) is 12.1 Å². The van der Waals surface area contributed by atoms with Gasteiger partial charge in [-0.15, -0.1) is 0 Å². The van der Waals surface area contributed by atoms with Gasteiger partial charge in [0.15, 0.2) is 5.95 Å². The summed E-state index contributed by atoms with van der Waals surface area (Å²) in [5.41, 5.74) is 10.0. The van der Waals surface area contributed by atoms with Crippen molar-refractivity contribution >= 4 is 17.5 Å². The molecule has 0 spiro atoms. The number of nitrogens with one attached hydrogen (secondary N) is 1. The SMILES string of the molecule is Cc1c(-c2cnc(N)[nH]2)cc(Cl)cc1C(C)C. The third-order valence-corrected chi connectivity index (χ3v) is 3.14. The second-order valence-electron chi connectivity index (χ2n) is 4.50. The molecule has 0 saturated carbocycles. The second-order valence-corrected chi connectivity index (χ2v) is 4.94. The summed E-state index contributed by atoms with van der Waals surface area (Å²) in [5.74, 6) is 0.859. The lowest BCUT2D eigenvalue weighted by atomic mass is 9.93. The standard InChI is InChI=1S/C13H16ClN3/c1-7(2)10-4-9(14)5-11(8(10)3)12-6-16-13(15)17-12/h4-7H,1-3H3,(H3,15,16,17). The summed E-state index contributed by atoms with van der Waals surface area (Å²) >= 11 is 6.16. The molecule has 0 aliphatic rings. The maximum atomic E-state index is 6.16. The summed E-state index contributed by atoms with van der Waals surface area (Å²) in [6.07, 6.45) is 1.73. The highest BCUT2D eigenvalue weighted by atomic mass is 35.5. The first kappa shape index (κ1) is 12.0. The number of rotatable bonds is 2. The first-order valence-electron chi connectivity index (χ1n) is 5.60. The molecule has 0 bridgehead atoms. The molecule has 0 aliphatic carbocycles. The molecule has 0 saturated heterocycles. The van der Waals surface area contributed by atoms with Crippen molar-refractivity contribution in [1.29, 1.82) is 0 Å². The Hall–Kier alpha value is -1.48. The minimum atomic E-state index is 0.422. The zero-order chi connectivity index (χ0) is 12.6. The number of nitrogen functional groups attached to an aromatic ring is 1. The van der Waals surface area contributed by atoms with Crippen molar-refractivity contribution in [2.75, 3.05) is 5.73 Å². The van der Waals surface area contributed by atoms with E-state index in [2.05, 4.69) is 30.7 Å². The molecule has 1 heterocycles. The molecule has 17 heavy (non-hydrogen) atoms. The van der Waals surface area contributed by atoms with Crippen LogP contribution in [0.5, 0.6) is 0 Å². The number of H-pyrrole nitrogens is 1. The third-order valence-electron chi connectivity index (χ3n) is 2.92. The van der Waals surface area contributed by atoms with Crippen LogP contribution in [0.1, 0.15) is 30.9 Å². The lowest BCUT2D eigenvalue weighted by Crippen LogP contribution is -1.95. The van der Waals surface area contributed by atoms with Crippen LogP contribution in [0.4, 0.5) is 5.95 Å². The number of aromatic nitrogens is 2. The van der Waals surface area contributed by atoms with Gasteiger partial charge in [-0.25, -0.2) is 4.98 Å². The fraction of sp³-hybridized carbons (Fsp3) is 0.308. The van der Waals surface area contributed by atoms with Crippen molar-refractivity contribution in [2.24, 2.45) is 0 Å². The highest BCUT2D eigenvalue weighted by molar-refractivity contribution is 6.31. The van der Waals surface area contributed by atoms with Crippen LogP contribution in [-0.2, 0) is 0 Å². The Morgan fingerprint density at radius 1 is 1.35 bits per heavy atom. The van der Waals surface area contributed by atoms with Gasteiger partial charge < -0.3 is 10.7 Å². The normalized spacial score (nSPS) is 11.1. The molecule has 1 aromatic carbocycles. The molecule has 1 aromatic heterocycles. The Bertz CT molecular complexity index is 544. The molecule has 3 N–H and O–H groups in total. The molecular weight excluding hydrogens is 234 g/mol. The molecule has 0 amide bonds. The van der Waals surface area contributed by atoms with E-state index in [9.17, 15) is 0 Å². The number of aromatic amines is 1. The van der Waals surface area contributed by atoms with Gasteiger partial charge in [0, 0.05) is 10.6 Å². The second kappa shape index (κ2) is 4.41. The van der Waals surface area contributed by atoms with E-state index in [-0.39, 0.29) is 0 Å². The molecule has 90 valence electrons. The fourth-order valence-corrected chi connectivity index (χ4v) is 2.28. The highest BCUT2D eigenvalue weighted by Gasteiger charge is 2.12. The van der Waals surface area contributed by atoms with Gasteiger partial charge in [-0.1, -0.05) is 25.4 Å². The minimum absolute atomic E-state index is 0.422. The molecule has 0 fully saturated rings. The quantitative estimate of drug-likeness (QED) is 0.852. The van der Waals surface area contributed by atoms with Crippen molar-refractivity contribution in [3.8, 4) is 11.3 Å². The van der Waals surface area contributed by atoms with Crippen molar-refractivity contribution in [3.05, 3.63) is 34.5 Å². The third kappa shape index (κ3) is 2.29. The fourth-order valence-electron chi connectivity index (χ4n) is 2.05. The first-order chi connectivity index (χ1) is 7.99. The molecule has 2 rings (SSSR count). The molecule has 0 atom stereocenters. The van der Waals surface area contributed by atoms with E-state index in [1.54, 1.807) is 6.20 Å². The Balaban J connectivity index is 2.61. The lowest BCUT2D eigenvalue weighted by Gasteiger charge is -2.14. The number of hydrogen-bond donors (Lipinski definition) is 2. The van der Waals surface area contributed by atoms with E-state index < -0.39 is 0 Å². The van der Waals surface area contributed by atoms with Crippen LogP contribution in [0.25, 0.3) is 11.3 Å². The predicted octanol–water partition coefficient (Wildman–Crippen LogP) is 3.74. The summed E-state index contributed by atoms with van der Waals surface area (Å²) in [6.45, 7) is 6.41.